The van der Waals surface area contributed by atoms with Crippen molar-refractivity contribution in [1.29, 1.82) is 0 Å². The molecule has 1 aromatic rings. The summed E-state index contributed by atoms with van der Waals surface area (Å²) in [4.78, 5) is 11.6. The number of benzene rings is 1. The first kappa shape index (κ1) is 15.1. The van der Waals surface area contributed by atoms with Gasteiger partial charge in [0.05, 0.1) is 12.2 Å². The second-order valence-electron chi connectivity index (χ2n) is 4.79. The average molecular weight is 318 g/mol. The summed E-state index contributed by atoms with van der Waals surface area (Å²) < 4.78 is 25.7. The lowest BCUT2D eigenvalue weighted by molar-refractivity contribution is -0.121. The maximum Gasteiger partial charge on any atom is 0.245 e. The summed E-state index contributed by atoms with van der Waals surface area (Å²) in [6.45, 7) is -0.245. The Morgan fingerprint density at radius 2 is 2.15 bits per heavy atom. The minimum absolute atomic E-state index is 0.0910. The third-order valence-corrected chi connectivity index (χ3v) is 5.07. The first-order valence-corrected chi connectivity index (χ1v) is 7.93. The Balaban J connectivity index is 2.15. The molecule has 3 N–H and O–H groups in total. The van der Waals surface area contributed by atoms with Crippen LogP contribution in [0.15, 0.2) is 23.1 Å². The summed E-state index contributed by atoms with van der Waals surface area (Å²) in [5.74, 6) is -0.320. The molecule has 6 nitrogen and oxygen atoms in total. The third-order valence-electron chi connectivity index (χ3n) is 2.97. The lowest BCUT2D eigenvalue weighted by Gasteiger charge is -2.18. The van der Waals surface area contributed by atoms with Gasteiger partial charge in [-0.1, -0.05) is 11.6 Å². The van der Waals surface area contributed by atoms with Crippen LogP contribution in [-0.2, 0) is 14.8 Å². The first-order valence-electron chi connectivity index (χ1n) is 6.11. The summed E-state index contributed by atoms with van der Waals surface area (Å²) in [6.07, 6.45) is 1.90. The van der Waals surface area contributed by atoms with Crippen molar-refractivity contribution in [1.82, 2.24) is 9.62 Å². The number of amides is 1. The van der Waals surface area contributed by atoms with Gasteiger partial charge in [-0.2, -0.15) is 4.31 Å². The van der Waals surface area contributed by atoms with Crippen molar-refractivity contribution in [2.75, 3.05) is 19.3 Å². The van der Waals surface area contributed by atoms with Crippen molar-refractivity contribution in [3.8, 4) is 0 Å². The fourth-order valence-corrected chi connectivity index (χ4v) is 3.19. The van der Waals surface area contributed by atoms with Gasteiger partial charge >= 0.3 is 0 Å². The Kier molecular flexibility index (Phi) is 4.22. The van der Waals surface area contributed by atoms with Crippen LogP contribution in [0.25, 0.3) is 0 Å². The molecule has 0 spiro atoms. The molecule has 110 valence electrons. The van der Waals surface area contributed by atoms with Gasteiger partial charge in [0, 0.05) is 18.1 Å². The van der Waals surface area contributed by atoms with Gasteiger partial charge in [0.1, 0.15) is 4.90 Å². The lowest BCUT2D eigenvalue weighted by atomic mass is 10.3. The third kappa shape index (κ3) is 3.41. The molecular formula is C12H16ClN3O3S. The van der Waals surface area contributed by atoms with Gasteiger partial charge in [0.25, 0.3) is 0 Å². The summed E-state index contributed by atoms with van der Waals surface area (Å²) in [6, 6.07) is 4.40. The van der Waals surface area contributed by atoms with E-state index in [0.29, 0.717) is 0 Å². The van der Waals surface area contributed by atoms with Gasteiger partial charge in [0.2, 0.25) is 15.9 Å². The van der Waals surface area contributed by atoms with Crippen molar-refractivity contribution >= 4 is 33.2 Å². The molecule has 0 heterocycles. The zero-order valence-corrected chi connectivity index (χ0v) is 12.5. The zero-order chi connectivity index (χ0) is 14.9. The van der Waals surface area contributed by atoms with Gasteiger partial charge < -0.3 is 11.1 Å². The van der Waals surface area contributed by atoms with E-state index in [9.17, 15) is 13.2 Å². The number of carbonyl (C=O) groups excluding carboxylic acids is 1. The van der Waals surface area contributed by atoms with E-state index < -0.39 is 10.0 Å². The number of hydrogen-bond acceptors (Lipinski definition) is 4. The summed E-state index contributed by atoms with van der Waals surface area (Å²) in [7, 11) is -2.50. The molecule has 1 amide bonds. The van der Waals surface area contributed by atoms with Crippen LogP contribution in [-0.4, -0.2) is 38.3 Å². The number of rotatable bonds is 5. The molecule has 0 bridgehead atoms. The molecule has 1 aromatic carbocycles. The lowest BCUT2D eigenvalue weighted by Crippen LogP contribution is -2.39. The topological polar surface area (TPSA) is 92.5 Å². The van der Waals surface area contributed by atoms with Crippen molar-refractivity contribution in [2.24, 2.45) is 0 Å². The quantitative estimate of drug-likeness (QED) is 0.786. The standard InChI is InChI=1S/C12H16ClN3O3S/c1-16(7-12(17)15-9-3-4-9)20(18,19)11-6-8(13)2-5-10(11)14/h2,5-6,9H,3-4,7,14H2,1H3,(H,15,17). The fraction of sp³-hybridized carbons (Fsp3) is 0.417. The minimum atomic E-state index is -3.84. The van der Waals surface area contributed by atoms with Crippen molar-refractivity contribution in [3.05, 3.63) is 23.2 Å². The van der Waals surface area contributed by atoms with E-state index in [1.54, 1.807) is 0 Å². The van der Waals surface area contributed by atoms with Crippen LogP contribution in [0.4, 0.5) is 5.69 Å². The highest BCUT2D eigenvalue weighted by Gasteiger charge is 2.28. The molecule has 1 aliphatic rings. The number of nitrogens with one attached hydrogen (secondary N) is 1. The number of nitrogens with two attached hydrogens (primary N) is 1. The van der Waals surface area contributed by atoms with Crippen LogP contribution < -0.4 is 11.1 Å². The summed E-state index contributed by atoms with van der Waals surface area (Å²) >= 11 is 5.79. The number of halogens is 1. The van der Waals surface area contributed by atoms with Gasteiger partial charge in [-0.25, -0.2) is 8.42 Å². The number of likely N-dealkylation sites (N-methyl/N-ethyl adjacent to an activating group) is 1. The molecule has 0 aliphatic heterocycles. The van der Waals surface area contributed by atoms with Crippen LogP contribution in [0.5, 0.6) is 0 Å². The Morgan fingerprint density at radius 1 is 1.50 bits per heavy atom. The molecule has 0 saturated heterocycles. The predicted molar refractivity (Wildman–Crippen MR) is 76.8 cm³/mol. The normalized spacial score (nSPS) is 15.3. The molecule has 1 saturated carbocycles. The maximum atomic E-state index is 12.3. The Labute approximate surface area is 122 Å². The smallest absolute Gasteiger partial charge is 0.245 e. The molecule has 0 radical (unpaired) electrons. The minimum Gasteiger partial charge on any atom is -0.398 e. The molecule has 2 rings (SSSR count). The van der Waals surface area contributed by atoms with Crippen molar-refractivity contribution < 1.29 is 13.2 Å². The molecule has 0 aromatic heterocycles. The molecular weight excluding hydrogens is 302 g/mol. The molecule has 1 aliphatic carbocycles. The predicted octanol–water partition coefficient (Wildman–Crippen LogP) is 0.821. The SMILES string of the molecule is CN(CC(=O)NC1CC1)S(=O)(=O)c1cc(Cl)ccc1N. The number of carbonyl (C=O) groups is 1. The maximum absolute atomic E-state index is 12.3. The monoisotopic (exact) mass is 317 g/mol. The Hall–Kier alpha value is -1.31. The second kappa shape index (κ2) is 5.59. The van der Waals surface area contributed by atoms with Crippen LogP contribution >= 0.6 is 11.6 Å². The number of sulfonamides is 1. The first-order chi connectivity index (χ1) is 9.30. The fourth-order valence-electron chi connectivity index (χ4n) is 1.69. The van der Waals surface area contributed by atoms with Gasteiger partial charge in [-0.05, 0) is 31.0 Å². The number of hydrogen-bond donors (Lipinski definition) is 2. The molecule has 0 atom stereocenters. The van der Waals surface area contributed by atoms with E-state index in [-0.39, 0.29) is 34.1 Å². The number of anilines is 1. The van der Waals surface area contributed by atoms with Crippen LogP contribution in [0, 0.1) is 0 Å². The highest BCUT2D eigenvalue weighted by Crippen LogP contribution is 2.25. The number of nitrogens with zero attached hydrogens (tertiary/aromatic N) is 1. The average Bonchev–Trinajstić information content (AvgIpc) is 3.15. The van der Waals surface area contributed by atoms with E-state index >= 15 is 0 Å². The molecule has 20 heavy (non-hydrogen) atoms. The number of nitrogen functional groups attached to an aromatic ring is 1. The Bertz CT molecular complexity index is 629. The van der Waals surface area contributed by atoms with E-state index in [2.05, 4.69) is 5.32 Å². The van der Waals surface area contributed by atoms with Crippen molar-refractivity contribution in [3.63, 3.8) is 0 Å². The van der Waals surface area contributed by atoms with E-state index in [1.807, 2.05) is 0 Å². The summed E-state index contributed by atoms with van der Waals surface area (Å²) in [5.41, 5.74) is 5.77. The van der Waals surface area contributed by atoms with E-state index in [0.717, 1.165) is 17.1 Å². The van der Waals surface area contributed by atoms with Crippen molar-refractivity contribution in [2.45, 2.75) is 23.8 Å². The van der Waals surface area contributed by atoms with E-state index in [4.69, 9.17) is 17.3 Å². The zero-order valence-electron chi connectivity index (χ0n) is 11.0. The molecule has 1 fully saturated rings. The molecule has 8 heteroatoms. The van der Waals surface area contributed by atoms with Crippen LogP contribution in [0.3, 0.4) is 0 Å². The highest BCUT2D eigenvalue weighted by atomic mass is 35.5. The van der Waals surface area contributed by atoms with Gasteiger partial charge in [-0.3, -0.25) is 4.79 Å². The Morgan fingerprint density at radius 3 is 2.75 bits per heavy atom. The largest absolute Gasteiger partial charge is 0.398 e. The second-order valence-corrected chi connectivity index (χ2v) is 7.23. The van der Waals surface area contributed by atoms with Crippen LogP contribution in [0.1, 0.15) is 12.8 Å². The van der Waals surface area contributed by atoms with Gasteiger partial charge in [-0.15, -0.1) is 0 Å². The van der Waals surface area contributed by atoms with Crippen LogP contribution in [0.2, 0.25) is 5.02 Å². The molecule has 0 unspecified atom stereocenters. The summed E-state index contributed by atoms with van der Waals surface area (Å²) in [5, 5.41) is 3.00. The highest BCUT2D eigenvalue weighted by molar-refractivity contribution is 7.89. The van der Waals surface area contributed by atoms with Gasteiger partial charge in [0.15, 0.2) is 0 Å². The van der Waals surface area contributed by atoms with E-state index in [1.165, 1.54) is 25.2 Å².